The molecule has 25 heavy (non-hydrogen) atoms. The highest BCUT2D eigenvalue weighted by Crippen LogP contribution is 2.16. The Morgan fingerprint density at radius 1 is 1.16 bits per heavy atom. The molecule has 6 heteroatoms. The number of rotatable bonds is 6. The van der Waals surface area contributed by atoms with Gasteiger partial charge in [-0.3, -0.25) is 14.5 Å². The van der Waals surface area contributed by atoms with Gasteiger partial charge in [0.1, 0.15) is 0 Å². The molecule has 0 spiro atoms. The number of aromatic nitrogens is 3. The first-order chi connectivity index (χ1) is 12.2. The predicted octanol–water partition coefficient (Wildman–Crippen LogP) is 3.43. The number of hydrogen-bond donors (Lipinski definition) is 1. The molecule has 0 atom stereocenters. The number of nitrogens with zero attached hydrogens (tertiary/aromatic N) is 3. The normalized spacial score (nSPS) is 10.9. The molecule has 1 N–H and O–H groups in total. The Labute approximate surface area is 151 Å². The van der Waals surface area contributed by atoms with Crippen molar-refractivity contribution in [3.63, 3.8) is 0 Å². The van der Waals surface area contributed by atoms with Gasteiger partial charge in [0.15, 0.2) is 0 Å². The van der Waals surface area contributed by atoms with Crippen molar-refractivity contribution in [1.29, 1.82) is 0 Å². The van der Waals surface area contributed by atoms with E-state index >= 15 is 0 Å². The highest BCUT2D eigenvalue weighted by Gasteiger charge is 2.02. The molecule has 0 aliphatic heterocycles. The number of nitrogens with one attached hydrogen (secondary N) is 1. The van der Waals surface area contributed by atoms with E-state index in [4.69, 9.17) is 11.6 Å². The van der Waals surface area contributed by atoms with Gasteiger partial charge in [0, 0.05) is 41.8 Å². The van der Waals surface area contributed by atoms with Crippen molar-refractivity contribution >= 4 is 23.6 Å². The largest absolute Gasteiger partial charge is 0.351 e. The Kier molecular flexibility index (Phi) is 5.59. The zero-order chi connectivity index (χ0) is 17.5. The van der Waals surface area contributed by atoms with Crippen LogP contribution < -0.4 is 5.32 Å². The molecule has 0 aliphatic rings. The summed E-state index contributed by atoms with van der Waals surface area (Å²) < 4.78 is 1.80. The summed E-state index contributed by atoms with van der Waals surface area (Å²) in [7, 11) is 0. The van der Waals surface area contributed by atoms with Crippen LogP contribution in [0.2, 0.25) is 5.02 Å². The van der Waals surface area contributed by atoms with Crippen LogP contribution in [0.3, 0.4) is 0 Å². The molecule has 0 unspecified atom stereocenters. The van der Waals surface area contributed by atoms with Crippen LogP contribution in [0.4, 0.5) is 0 Å². The fraction of sp³-hybridized carbons (Fsp3) is 0.105. The molecule has 2 heterocycles. The summed E-state index contributed by atoms with van der Waals surface area (Å²) in [6.45, 7) is 1.08. The van der Waals surface area contributed by atoms with Gasteiger partial charge in [-0.05, 0) is 35.9 Å². The molecule has 0 aliphatic carbocycles. The Morgan fingerprint density at radius 3 is 2.76 bits per heavy atom. The van der Waals surface area contributed by atoms with E-state index in [0.29, 0.717) is 18.1 Å². The molecule has 1 amide bonds. The summed E-state index contributed by atoms with van der Waals surface area (Å²) in [6.07, 6.45) is 8.54. The third-order valence-electron chi connectivity index (χ3n) is 3.58. The first-order valence-corrected chi connectivity index (χ1v) is 8.24. The third-order valence-corrected chi connectivity index (χ3v) is 3.92. The van der Waals surface area contributed by atoms with Crippen LogP contribution in [0, 0.1) is 0 Å². The van der Waals surface area contributed by atoms with Gasteiger partial charge in [-0.15, -0.1) is 0 Å². The maximum Gasteiger partial charge on any atom is 0.244 e. The highest BCUT2D eigenvalue weighted by atomic mass is 35.5. The van der Waals surface area contributed by atoms with Crippen molar-refractivity contribution in [3.05, 3.63) is 77.7 Å². The predicted molar refractivity (Wildman–Crippen MR) is 99.0 cm³/mol. The number of carbonyl (C=O) groups is 1. The maximum absolute atomic E-state index is 11.9. The minimum absolute atomic E-state index is 0.165. The number of benzene rings is 1. The summed E-state index contributed by atoms with van der Waals surface area (Å²) in [4.78, 5) is 15.9. The van der Waals surface area contributed by atoms with Gasteiger partial charge < -0.3 is 5.32 Å². The fourth-order valence-corrected chi connectivity index (χ4v) is 2.49. The minimum atomic E-state index is -0.165. The number of amides is 1. The molecule has 3 rings (SSSR count). The Hall–Kier alpha value is -2.92. The lowest BCUT2D eigenvalue weighted by atomic mass is 10.2. The number of halogens is 1. The SMILES string of the molecule is O=C(/C=C/c1ccccc1Cl)NCCn1ccc(-c2ccncc2)n1. The van der Waals surface area contributed by atoms with E-state index in [-0.39, 0.29) is 5.91 Å². The highest BCUT2D eigenvalue weighted by molar-refractivity contribution is 6.32. The van der Waals surface area contributed by atoms with Gasteiger partial charge in [0.25, 0.3) is 0 Å². The lowest BCUT2D eigenvalue weighted by Crippen LogP contribution is -2.25. The Bertz CT molecular complexity index is 874. The number of pyridine rings is 1. The molecule has 2 aromatic heterocycles. The van der Waals surface area contributed by atoms with Gasteiger partial charge in [0.05, 0.1) is 12.2 Å². The van der Waals surface area contributed by atoms with Crippen molar-refractivity contribution in [3.8, 4) is 11.3 Å². The molecule has 0 fully saturated rings. The Balaban J connectivity index is 1.49. The molecule has 126 valence electrons. The molecule has 0 saturated carbocycles. The average Bonchev–Trinajstić information content (AvgIpc) is 3.11. The van der Waals surface area contributed by atoms with Crippen LogP contribution in [-0.4, -0.2) is 27.2 Å². The summed E-state index contributed by atoms with van der Waals surface area (Å²) in [5.41, 5.74) is 2.71. The van der Waals surface area contributed by atoms with E-state index in [0.717, 1.165) is 16.8 Å². The lowest BCUT2D eigenvalue weighted by molar-refractivity contribution is -0.116. The van der Waals surface area contributed by atoms with E-state index in [9.17, 15) is 4.79 Å². The molecule has 5 nitrogen and oxygen atoms in total. The van der Waals surface area contributed by atoms with Crippen LogP contribution >= 0.6 is 11.6 Å². The fourth-order valence-electron chi connectivity index (χ4n) is 2.29. The third kappa shape index (κ3) is 4.78. The monoisotopic (exact) mass is 352 g/mol. The van der Waals surface area contributed by atoms with Crippen molar-refractivity contribution in [2.75, 3.05) is 6.54 Å². The second kappa shape index (κ2) is 8.26. The second-order valence-electron chi connectivity index (χ2n) is 5.35. The van der Waals surface area contributed by atoms with Crippen molar-refractivity contribution in [1.82, 2.24) is 20.1 Å². The van der Waals surface area contributed by atoms with Gasteiger partial charge >= 0.3 is 0 Å². The van der Waals surface area contributed by atoms with E-state index in [1.54, 1.807) is 29.2 Å². The topological polar surface area (TPSA) is 59.8 Å². The molecule has 0 saturated heterocycles. The second-order valence-corrected chi connectivity index (χ2v) is 5.75. The first kappa shape index (κ1) is 16.9. The zero-order valence-corrected chi connectivity index (χ0v) is 14.2. The van der Waals surface area contributed by atoms with Gasteiger partial charge in [-0.1, -0.05) is 29.8 Å². The molecule has 0 bridgehead atoms. The van der Waals surface area contributed by atoms with Crippen LogP contribution in [0.5, 0.6) is 0 Å². The molecular weight excluding hydrogens is 336 g/mol. The lowest BCUT2D eigenvalue weighted by Gasteiger charge is -2.03. The quantitative estimate of drug-likeness (QED) is 0.691. The van der Waals surface area contributed by atoms with Crippen LogP contribution in [0.25, 0.3) is 17.3 Å². The number of carbonyl (C=O) groups excluding carboxylic acids is 1. The molecule has 1 aromatic carbocycles. The average molecular weight is 353 g/mol. The van der Waals surface area contributed by atoms with Crippen LogP contribution in [-0.2, 0) is 11.3 Å². The molecule has 0 radical (unpaired) electrons. The smallest absolute Gasteiger partial charge is 0.244 e. The minimum Gasteiger partial charge on any atom is -0.351 e. The van der Waals surface area contributed by atoms with Gasteiger partial charge in [0.2, 0.25) is 5.91 Å². The van der Waals surface area contributed by atoms with Crippen LogP contribution in [0.15, 0.2) is 67.1 Å². The van der Waals surface area contributed by atoms with Crippen molar-refractivity contribution in [2.45, 2.75) is 6.54 Å². The van der Waals surface area contributed by atoms with E-state index in [2.05, 4.69) is 15.4 Å². The summed E-state index contributed by atoms with van der Waals surface area (Å²) in [5, 5.41) is 7.93. The Morgan fingerprint density at radius 2 is 1.96 bits per heavy atom. The molecular formula is C19H17ClN4O. The van der Waals surface area contributed by atoms with Crippen molar-refractivity contribution < 1.29 is 4.79 Å². The maximum atomic E-state index is 11.9. The summed E-state index contributed by atoms with van der Waals surface area (Å²) >= 11 is 6.05. The zero-order valence-electron chi connectivity index (χ0n) is 13.5. The molecule has 3 aromatic rings. The summed E-state index contributed by atoms with van der Waals surface area (Å²) in [6, 6.07) is 13.1. The first-order valence-electron chi connectivity index (χ1n) is 7.87. The van der Waals surface area contributed by atoms with Crippen molar-refractivity contribution in [2.24, 2.45) is 0 Å². The van der Waals surface area contributed by atoms with E-state index in [1.165, 1.54) is 6.08 Å². The standard InChI is InChI=1S/C19H17ClN4O/c20-17-4-2-1-3-15(17)5-6-19(25)22-12-14-24-13-9-18(23-24)16-7-10-21-11-8-16/h1-11,13H,12,14H2,(H,22,25)/b6-5+. The van der Waals surface area contributed by atoms with Gasteiger partial charge in [-0.25, -0.2) is 0 Å². The van der Waals surface area contributed by atoms with Crippen LogP contribution in [0.1, 0.15) is 5.56 Å². The van der Waals surface area contributed by atoms with E-state index < -0.39 is 0 Å². The van der Waals surface area contributed by atoms with E-state index in [1.807, 2.05) is 42.6 Å². The summed E-state index contributed by atoms with van der Waals surface area (Å²) in [5.74, 6) is -0.165. The van der Waals surface area contributed by atoms with Gasteiger partial charge in [-0.2, -0.15) is 5.10 Å². The number of hydrogen-bond acceptors (Lipinski definition) is 3.